The highest BCUT2D eigenvalue weighted by Gasteiger charge is 2.23. The summed E-state index contributed by atoms with van der Waals surface area (Å²) in [5.74, 6) is 0.633. The van der Waals surface area contributed by atoms with Gasteiger partial charge in [0.05, 0.1) is 12.2 Å². The van der Waals surface area contributed by atoms with Crippen LogP contribution in [0.2, 0.25) is 0 Å². The van der Waals surface area contributed by atoms with Crippen LogP contribution >= 0.6 is 22.6 Å². The highest BCUT2D eigenvalue weighted by molar-refractivity contribution is 14.1. The van der Waals surface area contributed by atoms with E-state index in [2.05, 4.69) is 22.6 Å². The fourth-order valence-corrected chi connectivity index (χ4v) is 2.97. The molecule has 1 heterocycles. The number of carbonyl (C=O) groups is 1. The molecule has 0 N–H and O–H groups in total. The molecule has 104 valence electrons. The van der Waals surface area contributed by atoms with Crippen molar-refractivity contribution in [3.8, 4) is 0 Å². The molecule has 1 fully saturated rings. The first-order valence-corrected chi connectivity index (χ1v) is 7.83. The first-order valence-electron chi connectivity index (χ1n) is 6.75. The summed E-state index contributed by atoms with van der Waals surface area (Å²) in [6, 6.07) is 5.92. The summed E-state index contributed by atoms with van der Waals surface area (Å²) in [5, 5.41) is 0. The van der Waals surface area contributed by atoms with Gasteiger partial charge in [0, 0.05) is 29.2 Å². The Kier molecular flexibility index (Phi) is 5.21. The van der Waals surface area contributed by atoms with E-state index in [9.17, 15) is 4.79 Å². The molecule has 1 aliphatic heterocycles. The Labute approximate surface area is 128 Å². The van der Waals surface area contributed by atoms with Gasteiger partial charge in [-0.1, -0.05) is 12.1 Å². The predicted octanol–water partition coefficient (Wildman–Crippen LogP) is 3.10. The molecule has 0 aliphatic carbocycles. The zero-order valence-corrected chi connectivity index (χ0v) is 13.6. The van der Waals surface area contributed by atoms with E-state index in [0.29, 0.717) is 5.92 Å². The third-order valence-electron chi connectivity index (χ3n) is 3.59. The molecule has 3 nitrogen and oxygen atoms in total. The maximum absolute atomic E-state index is 12.6. The molecule has 4 heteroatoms. The molecule has 1 atom stereocenters. The first kappa shape index (κ1) is 14.8. The lowest BCUT2D eigenvalue weighted by atomic mass is 10.1. The average molecular weight is 373 g/mol. The van der Waals surface area contributed by atoms with E-state index in [4.69, 9.17) is 4.74 Å². The van der Waals surface area contributed by atoms with Gasteiger partial charge in [0.25, 0.3) is 5.91 Å². The topological polar surface area (TPSA) is 29.5 Å². The van der Waals surface area contributed by atoms with E-state index in [1.165, 1.54) is 0 Å². The lowest BCUT2D eigenvalue weighted by Crippen LogP contribution is -2.36. The third-order valence-corrected chi connectivity index (χ3v) is 5.03. The molecule has 1 unspecified atom stereocenters. The molecule has 1 aromatic rings. The SMILES string of the molecule is CCN(CC1CCOC1)C(=O)c1cccc(C)c1I. The summed E-state index contributed by atoms with van der Waals surface area (Å²) < 4.78 is 6.45. The lowest BCUT2D eigenvalue weighted by Gasteiger charge is -2.24. The van der Waals surface area contributed by atoms with E-state index >= 15 is 0 Å². The second-order valence-electron chi connectivity index (χ2n) is 5.01. The van der Waals surface area contributed by atoms with Crippen LogP contribution in [0.15, 0.2) is 18.2 Å². The van der Waals surface area contributed by atoms with Crippen molar-refractivity contribution in [2.45, 2.75) is 20.3 Å². The number of carbonyl (C=O) groups excluding carboxylic acids is 1. The molecule has 0 bridgehead atoms. The molecule has 0 saturated carbocycles. The van der Waals surface area contributed by atoms with Crippen LogP contribution in [0, 0.1) is 16.4 Å². The van der Waals surface area contributed by atoms with Crippen LogP contribution in [0.1, 0.15) is 29.3 Å². The van der Waals surface area contributed by atoms with Gasteiger partial charge in [0.2, 0.25) is 0 Å². The zero-order chi connectivity index (χ0) is 13.8. The van der Waals surface area contributed by atoms with Gasteiger partial charge in [0.15, 0.2) is 0 Å². The van der Waals surface area contributed by atoms with E-state index in [0.717, 1.165) is 47.4 Å². The summed E-state index contributed by atoms with van der Waals surface area (Å²) in [6.07, 6.45) is 1.06. The van der Waals surface area contributed by atoms with Gasteiger partial charge in [-0.3, -0.25) is 4.79 Å². The van der Waals surface area contributed by atoms with Gasteiger partial charge in [-0.05, 0) is 54.5 Å². The standard InChI is InChI=1S/C15H20INO2/c1-3-17(9-12-7-8-19-10-12)15(18)13-6-4-5-11(2)14(13)16/h4-6,12H,3,7-10H2,1-2H3. The second-order valence-corrected chi connectivity index (χ2v) is 6.09. The summed E-state index contributed by atoms with van der Waals surface area (Å²) in [5.41, 5.74) is 1.98. The van der Waals surface area contributed by atoms with Crippen molar-refractivity contribution < 1.29 is 9.53 Å². The van der Waals surface area contributed by atoms with Gasteiger partial charge >= 0.3 is 0 Å². The van der Waals surface area contributed by atoms with Gasteiger partial charge in [-0.2, -0.15) is 0 Å². The molecule has 0 radical (unpaired) electrons. The van der Waals surface area contributed by atoms with Gasteiger partial charge < -0.3 is 9.64 Å². The van der Waals surface area contributed by atoms with Crippen molar-refractivity contribution in [3.05, 3.63) is 32.9 Å². The van der Waals surface area contributed by atoms with E-state index in [-0.39, 0.29) is 5.91 Å². The Morgan fingerprint density at radius 3 is 2.95 bits per heavy atom. The van der Waals surface area contributed by atoms with Crippen LogP contribution in [-0.2, 0) is 4.74 Å². The largest absolute Gasteiger partial charge is 0.381 e. The Balaban J connectivity index is 2.13. The minimum atomic E-state index is 0.141. The molecule has 0 aromatic heterocycles. The van der Waals surface area contributed by atoms with Crippen molar-refractivity contribution >= 4 is 28.5 Å². The zero-order valence-electron chi connectivity index (χ0n) is 11.5. The molecular formula is C15H20INO2. The van der Waals surface area contributed by atoms with E-state index < -0.39 is 0 Å². The molecule has 1 saturated heterocycles. The quantitative estimate of drug-likeness (QED) is 0.760. The second kappa shape index (κ2) is 6.70. The minimum Gasteiger partial charge on any atom is -0.381 e. The van der Waals surface area contributed by atoms with Crippen LogP contribution in [0.3, 0.4) is 0 Å². The molecular weight excluding hydrogens is 353 g/mol. The number of ether oxygens (including phenoxy) is 1. The number of hydrogen-bond donors (Lipinski definition) is 0. The summed E-state index contributed by atoms with van der Waals surface area (Å²) in [6.45, 7) is 7.25. The smallest absolute Gasteiger partial charge is 0.254 e. The van der Waals surface area contributed by atoms with Crippen molar-refractivity contribution in [1.29, 1.82) is 0 Å². The number of halogens is 1. The Hall–Kier alpha value is -0.620. The van der Waals surface area contributed by atoms with Crippen LogP contribution in [-0.4, -0.2) is 37.1 Å². The van der Waals surface area contributed by atoms with Crippen LogP contribution in [0.5, 0.6) is 0 Å². The highest BCUT2D eigenvalue weighted by Crippen LogP contribution is 2.20. The first-order chi connectivity index (χ1) is 9.13. The normalized spacial score (nSPS) is 18.6. The Morgan fingerprint density at radius 2 is 2.32 bits per heavy atom. The average Bonchev–Trinajstić information content (AvgIpc) is 2.91. The van der Waals surface area contributed by atoms with Crippen LogP contribution < -0.4 is 0 Å². The maximum Gasteiger partial charge on any atom is 0.254 e. The van der Waals surface area contributed by atoms with E-state index in [1.807, 2.05) is 36.9 Å². The van der Waals surface area contributed by atoms with Crippen LogP contribution in [0.25, 0.3) is 0 Å². The Bertz CT molecular complexity index is 455. The number of hydrogen-bond acceptors (Lipinski definition) is 2. The summed E-state index contributed by atoms with van der Waals surface area (Å²) >= 11 is 2.26. The van der Waals surface area contributed by atoms with Gasteiger partial charge in [-0.25, -0.2) is 0 Å². The molecule has 1 aromatic carbocycles. The number of aryl methyl sites for hydroxylation is 1. The molecule has 1 amide bonds. The van der Waals surface area contributed by atoms with Gasteiger partial charge in [-0.15, -0.1) is 0 Å². The Morgan fingerprint density at radius 1 is 1.53 bits per heavy atom. The molecule has 2 rings (SSSR count). The van der Waals surface area contributed by atoms with Gasteiger partial charge in [0.1, 0.15) is 0 Å². The number of benzene rings is 1. The molecule has 19 heavy (non-hydrogen) atoms. The summed E-state index contributed by atoms with van der Waals surface area (Å²) in [4.78, 5) is 14.6. The molecule has 0 spiro atoms. The van der Waals surface area contributed by atoms with E-state index in [1.54, 1.807) is 0 Å². The fourth-order valence-electron chi connectivity index (χ4n) is 2.38. The number of nitrogens with zero attached hydrogens (tertiary/aromatic N) is 1. The third kappa shape index (κ3) is 3.48. The van der Waals surface area contributed by atoms with Crippen molar-refractivity contribution in [2.24, 2.45) is 5.92 Å². The summed E-state index contributed by atoms with van der Waals surface area (Å²) in [7, 11) is 0. The maximum atomic E-state index is 12.6. The van der Waals surface area contributed by atoms with Crippen molar-refractivity contribution in [2.75, 3.05) is 26.3 Å². The highest BCUT2D eigenvalue weighted by atomic mass is 127. The number of rotatable bonds is 4. The lowest BCUT2D eigenvalue weighted by molar-refractivity contribution is 0.0729. The predicted molar refractivity (Wildman–Crippen MR) is 84.4 cm³/mol. The van der Waals surface area contributed by atoms with Crippen molar-refractivity contribution in [3.63, 3.8) is 0 Å². The van der Waals surface area contributed by atoms with Crippen LogP contribution in [0.4, 0.5) is 0 Å². The fraction of sp³-hybridized carbons (Fsp3) is 0.533. The minimum absolute atomic E-state index is 0.141. The monoisotopic (exact) mass is 373 g/mol. The molecule has 1 aliphatic rings. The van der Waals surface area contributed by atoms with Crippen molar-refractivity contribution in [1.82, 2.24) is 4.90 Å². The number of amides is 1.